The maximum absolute atomic E-state index is 5.40. The smallest absolute Gasteiger partial charge is 0.195 e. The van der Waals surface area contributed by atoms with E-state index in [-0.39, 0.29) is 0 Å². The highest BCUT2D eigenvalue weighted by atomic mass is 16.5. The van der Waals surface area contributed by atoms with Gasteiger partial charge in [-0.1, -0.05) is 0 Å². The van der Waals surface area contributed by atoms with E-state index in [9.17, 15) is 0 Å². The molecule has 0 amide bonds. The predicted molar refractivity (Wildman–Crippen MR) is 60.2 cm³/mol. The van der Waals surface area contributed by atoms with E-state index in [4.69, 9.17) is 9.15 Å². The van der Waals surface area contributed by atoms with Crippen LogP contribution in [0.2, 0.25) is 0 Å². The lowest BCUT2D eigenvalue weighted by molar-refractivity contribution is 0.0377. The van der Waals surface area contributed by atoms with Crippen molar-refractivity contribution in [2.24, 2.45) is 0 Å². The molecule has 16 heavy (non-hydrogen) atoms. The summed E-state index contributed by atoms with van der Waals surface area (Å²) in [6, 6.07) is 0. The van der Waals surface area contributed by atoms with Gasteiger partial charge in [0.25, 0.3) is 0 Å². The van der Waals surface area contributed by atoms with Crippen molar-refractivity contribution in [3.8, 4) is 0 Å². The Labute approximate surface area is 95.8 Å². The van der Waals surface area contributed by atoms with Gasteiger partial charge in [0.05, 0.1) is 18.9 Å². The molecule has 0 unspecified atom stereocenters. The Kier molecular flexibility index (Phi) is 4.33. The molecule has 0 aromatic carbocycles. The molecule has 90 valence electrons. The maximum atomic E-state index is 5.40. The van der Waals surface area contributed by atoms with Gasteiger partial charge in [0, 0.05) is 32.6 Å². The highest BCUT2D eigenvalue weighted by Gasteiger charge is 2.11. The van der Waals surface area contributed by atoms with Crippen molar-refractivity contribution in [2.45, 2.75) is 13.0 Å². The fourth-order valence-electron chi connectivity index (χ4n) is 1.80. The molecule has 1 aromatic heterocycles. The summed E-state index contributed by atoms with van der Waals surface area (Å²) in [4.78, 5) is 6.78. The Morgan fingerprint density at radius 2 is 2.25 bits per heavy atom. The van der Waals surface area contributed by atoms with Gasteiger partial charge in [-0.05, 0) is 7.05 Å². The van der Waals surface area contributed by atoms with Crippen LogP contribution >= 0.6 is 0 Å². The minimum Gasteiger partial charge on any atom is -0.449 e. The second-order valence-electron chi connectivity index (χ2n) is 3.97. The summed E-state index contributed by atoms with van der Waals surface area (Å²) in [6.07, 6.45) is 2.61. The van der Waals surface area contributed by atoms with E-state index in [0.29, 0.717) is 0 Å². The zero-order valence-electron chi connectivity index (χ0n) is 9.74. The monoisotopic (exact) mass is 225 g/mol. The molecule has 0 atom stereocenters. The zero-order valence-corrected chi connectivity index (χ0v) is 9.74. The first-order valence-electron chi connectivity index (χ1n) is 5.76. The normalized spacial score (nSPS) is 17.8. The molecule has 0 spiro atoms. The van der Waals surface area contributed by atoms with E-state index < -0.39 is 0 Å². The third-order valence-electron chi connectivity index (χ3n) is 2.70. The topological polar surface area (TPSA) is 50.5 Å². The number of nitrogens with zero attached hydrogens (tertiary/aromatic N) is 2. The van der Waals surface area contributed by atoms with Gasteiger partial charge in [-0.15, -0.1) is 0 Å². The molecule has 5 heteroatoms. The summed E-state index contributed by atoms with van der Waals surface area (Å²) in [5.41, 5.74) is 0.972. The summed E-state index contributed by atoms with van der Waals surface area (Å²) < 4.78 is 10.7. The number of rotatable bonds is 5. The largest absolute Gasteiger partial charge is 0.449 e. The first kappa shape index (κ1) is 11.6. The van der Waals surface area contributed by atoms with E-state index in [1.165, 1.54) is 0 Å². The lowest BCUT2D eigenvalue weighted by Gasteiger charge is -2.25. The second-order valence-corrected chi connectivity index (χ2v) is 3.97. The molecular weight excluding hydrogens is 206 g/mol. The van der Waals surface area contributed by atoms with Crippen LogP contribution < -0.4 is 5.32 Å². The lowest BCUT2D eigenvalue weighted by Crippen LogP contribution is -2.37. The molecule has 1 aliphatic rings. The first-order chi connectivity index (χ1) is 7.88. The number of hydrogen-bond acceptors (Lipinski definition) is 5. The standard InChI is InChI=1S/C11H19N3O2/c1-12-8-10-9-16-11(13-10)2-3-14-4-6-15-7-5-14/h9,12H,2-8H2,1H3. The van der Waals surface area contributed by atoms with Crippen molar-refractivity contribution in [2.75, 3.05) is 39.9 Å². The van der Waals surface area contributed by atoms with Gasteiger partial charge in [0.15, 0.2) is 5.89 Å². The Morgan fingerprint density at radius 1 is 1.44 bits per heavy atom. The van der Waals surface area contributed by atoms with Crippen LogP contribution in [0.25, 0.3) is 0 Å². The van der Waals surface area contributed by atoms with E-state index in [0.717, 1.165) is 57.4 Å². The second kappa shape index (κ2) is 5.98. The van der Waals surface area contributed by atoms with Crippen LogP contribution in [0.3, 0.4) is 0 Å². The predicted octanol–water partition coefficient (Wildman–Crippen LogP) is 0.269. The molecule has 0 bridgehead atoms. The van der Waals surface area contributed by atoms with Gasteiger partial charge in [-0.3, -0.25) is 4.90 Å². The van der Waals surface area contributed by atoms with E-state index >= 15 is 0 Å². The maximum Gasteiger partial charge on any atom is 0.195 e. The number of oxazole rings is 1. The van der Waals surface area contributed by atoms with Crippen molar-refractivity contribution >= 4 is 0 Å². The molecule has 1 aromatic rings. The molecule has 5 nitrogen and oxygen atoms in total. The highest BCUT2D eigenvalue weighted by molar-refractivity contribution is 4.96. The summed E-state index contributed by atoms with van der Waals surface area (Å²) in [5, 5.41) is 3.05. The van der Waals surface area contributed by atoms with E-state index in [1.54, 1.807) is 6.26 Å². The third-order valence-corrected chi connectivity index (χ3v) is 2.70. The summed E-state index contributed by atoms with van der Waals surface area (Å²) in [7, 11) is 1.90. The molecule has 1 aliphatic heterocycles. The average Bonchev–Trinajstić information content (AvgIpc) is 2.76. The minimum absolute atomic E-state index is 0.765. The van der Waals surface area contributed by atoms with Crippen LogP contribution in [0.4, 0.5) is 0 Å². The van der Waals surface area contributed by atoms with Crippen LogP contribution in [0.15, 0.2) is 10.7 Å². The van der Waals surface area contributed by atoms with Gasteiger partial charge in [0.2, 0.25) is 0 Å². The van der Waals surface area contributed by atoms with E-state index in [1.807, 2.05) is 7.05 Å². The van der Waals surface area contributed by atoms with Gasteiger partial charge in [0.1, 0.15) is 6.26 Å². The SMILES string of the molecule is CNCc1coc(CCN2CCOCC2)n1. The molecule has 2 rings (SSSR count). The van der Waals surface area contributed by atoms with Crippen molar-refractivity contribution in [1.82, 2.24) is 15.2 Å². The number of hydrogen-bond donors (Lipinski definition) is 1. The van der Waals surface area contributed by atoms with Gasteiger partial charge < -0.3 is 14.5 Å². The first-order valence-corrected chi connectivity index (χ1v) is 5.76. The third kappa shape index (κ3) is 3.30. The summed E-state index contributed by atoms with van der Waals surface area (Å²) in [5.74, 6) is 0.830. The molecule has 0 radical (unpaired) electrons. The fourth-order valence-corrected chi connectivity index (χ4v) is 1.80. The molecule has 1 fully saturated rings. The van der Waals surface area contributed by atoms with Crippen molar-refractivity contribution in [3.05, 3.63) is 17.8 Å². The number of morpholine rings is 1. The summed E-state index contributed by atoms with van der Waals surface area (Å²) >= 11 is 0. The summed E-state index contributed by atoms with van der Waals surface area (Å²) in [6.45, 7) is 5.49. The van der Waals surface area contributed by atoms with Gasteiger partial charge in [-0.2, -0.15) is 0 Å². The van der Waals surface area contributed by atoms with Crippen molar-refractivity contribution in [3.63, 3.8) is 0 Å². The fraction of sp³-hybridized carbons (Fsp3) is 0.727. The van der Waals surface area contributed by atoms with Crippen LogP contribution in [-0.4, -0.2) is 49.8 Å². The van der Waals surface area contributed by atoms with Crippen LogP contribution in [0.1, 0.15) is 11.6 Å². The quantitative estimate of drug-likeness (QED) is 0.779. The Bertz CT molecular complexity index is 308. The van der Waals surface area contributed by atoms with Crippen LogP contribution in [0.5, 0.6) is 0 Å². The molecule has 0 saturated carbocycles. The molecule has 2 heterocycles. The lowest BCUT2D eigenvalue weighted by atomic mass is 10.3. The Balaban J connectivity index is 1.75. The Hall–Kier alpha value is -0.910. The number of aromatic nitrogens is 1. The van der Waals surface area contributed by atoms with Gasteiger partial charge >= 0.3 is 0 Å². The van der Waals surface area contributed by atoms with Crippen molar-refractivity contribution in [1.29, 1.82) is 0 Å². The highest BCUT2D eigenvalue weighted by Crippen LogP contribution is 2.05. The van der Waals surface area contributed by atoms with Crippen LogP contribution in [0, 0.1) is 0 Å². The molecular formula is C11H19N3O2. The van der Waals surface area contributed by atoms with Gasteiger partial charge in [-0.25, -0.2) is 4.98 Å². The molecule has 1 saturated heterocycles. The van der Waals surface area contributed by atoms with Crippen molar-refractivity contribution < 1.29 is 9.15 Å². The molecule has 1 N–H and O–H groups in total. The van der Waals surface area contributed by atoms with Crippen LogP contribution in [-0.2, 0) is 17.7 Å². The average molecular weight is 225 g/mol. The number of ether oxygens (including phenoxy) is 1. The number of nitrogens with one attached hydrogen (secondary N) is 1. The minimum atomic E-state index is 0.765. The van der Waals surface area contributed by atoms with E-state index in [2.05, 4.69) is 15.2 Å². The Morgan fingerprint density at radius 3 is 3.00 bits per heavy atom. The zero-order chi connectivity index (χ0) is 11.2. The molecule has 0 aliphatic carbocycles.